The molecule has 4 rings (SSSR count). The summed E-state index contributed by atoms with van der Waals surface area (Å²) in [5.41, 5.74) is 3.95. The largest absolute Gasteiger partial charge is 0.232 e. The Bertz CT molecular complexity index is 945. The van der Waals surface area contributed by atoms with Gasteiger partial charge in [0.05, 0.1) is 11.4 Å². The molecule has 122 valence electrons. The van der Waals surface area contributed by atoms with Crippen molar-refractivity contribution in [1.29, 1.82) is 0 Å². The Kier molecular flexibility index (Phi) is 4.45. The van der Waals surface area contributed by atoms with Gasteiger partial charge in [-0.1, -0.05) is 78.4 Å². The highest BCUT2D eigenvalue weighted by atomic mass is 35.5. The van der Waals surface area contributed by atoms with Gasteiger partial charge in [0.2, 0.25) is 0 Å². The van der Waals surface area contributed by atoms with Gasteiger partial charge < -0.3 is 0 Å². The van der Waals surface area contributed by atoms with Crippen LogP contribution in [-0.4, -0.2) is 9.97 Å². The summed E-state index contributed by atoms with van der Waals surface area (Å²) >= 11 is 6.18. The molecule has 0 radical (unpaired) electrons. The van der Waals surface area contributed by atoms with Crippen molar-refractivity contribution < 1.29 is 0 Å². The van der Waals surface area contributed by atoms with Gasteiger partial charge >= 0.3 is 0 Å². The molecule has 1 aromatic heterocycles. The van der Waals surface area contributed by atoms with Gasteiger partial charge in [-0.25, -0.2) is 9.97 Å². The lowest BCUT2D eigenvalue weighted by Gasteiger charge is -2.15. The van der Waals surface area contributed by atoms with E-state index in [0.717, 1.165) is 34.8 Å². The average molecular weight is 345 g/mol. The second-order valence-electron chi connectivity index (χ2n) is 6.03. The zero-order valence-corrected chi connectivity index (χ0v) is 14.4. The van der Waals surface area contributed by atoms with E-state index >= 15 is 0 Å². The van der Waals surface area contributed by atoms with E-state index in [1.807, 2.05) is 54.6 Å². The fraction of sp³-hybridized carbons (Fsp3) is 0.0909. The Morgan fingerprint density at radius 3 is 2.44 bits per heavy atom. The average Bonchev–Trinajstić information content (AvgIpc) is 2.69. The van der Waals surface area contributed by atoms with Gasteiger partial charge in [0.15, 0.2) is 5.82 Å². The summed E-state index contributed by atoms with van der Waals surface area (Å²) in [5, 5.41) is 0.708. The normalized spacial score (nSPS) is 16.1. The third kappa shape index (κ3) is 3.54. The molecule has 1 aliphatic rings. The molecule has 0 fully saturated rings. The summed E-state index contributed by atoms with van der Waals surface area (Å²) in [6.07, 6.45) is 9.48. The maximum absolute atomic E-state index is 6.18. The topological polar surface area (TPSA) is 25.8 Å². The van der Waals surface area contributed by atoms with E-state index < -0.39 is 0 Å². The van der Waals surface area contributed by atoms with Crippen LogP contribution in [0.3, 0.4) is 0 Å². The maximum Gasteiger partial charge on any atom is 0.160 e. The highest BCUT2D eigenvalue weighted by Gasteiger charge is 2.15. The molecule has 1 aliphatic carbocycles. The molecule has 3 heteroatoms. The molecule has 25 heavy (non-hydrogen) atoms. The lowest BCUT2D eigenvalue weighted by atomic mass is 9.95. The predicted molar refractivity (Wildman–Crippen MR) is 104 cm³/mol. The van der Waals surface area contributed by atoms with Gasteiger partial charge in [-0.05, 0) is 24.6 Å². The summed E-state index contributed by atoms with van der Waals surface area (Å²) in [6.45, 7) is 0. The molecular formula is C22H17ClN2. The third-order valence-electron chi connectivity index (χ3n) is 4.26. The number of allylic oxidation sites excluding steroid dienone is 4. The van der Waals surface area contributed by atoms with Crippen molar-refractivity contribution in [3.63, 3.8) is 0 Å². The van der Waals surface area contributed by atoms with Gasteiger partial charge in [-0.15, -0.1) is 0 Å². The van der Waals surface area contributed by atoms with Crippen LogP contribution in [0.5, 0.6) is 0 Å². The van der Waals surface area contributed by atoms with Crippen LogP contribution < -0.4 is 0 Å². The molecule has 0 saturated heterocycles. The first-order valence-corrected chi connectivity index (χ1v) is 8.71. The van der Waals surface area contributed by atoms with Gasteiger partial charge in [0.25, 0.3) is 0 Å². The Morgan fingerprint density at radius 1 is 0.840 bits per heavy atom. The van der Waals surface area contributed by atoms with E-state index in [1.54, 1.807) is 0 Å². The predicted octanol–water partition coefficient (Wildman–Crippen LogP) is 6.06. The summed E-state index contributed by atoms with van der Waals surface area (Å²) < 4.78 is 0. The first-order chi connectivity index (χ1) is 12.3. The van der Waals surface area contributed by atoms with Crippen molar-refractivity contribution in [2.45, 2.75) is 12.3 Å². The van der Waals surface area contributed by atoms with Crippen molar-refractivity contribution >= 4 is 11.6 Å². The van der Waals surface area contributed by atoms with Crippen LogP contribution in [0.2, 0.25) is 5.02 Å². The van der Waals surface area contributed by atoms with Crippen LogP contribution >= 0.6 is 11.6 Å². The second-order valence-corrected chi connectivity index (χ2v) is 6.47. The summed E-state index contributed by atoms with van der Waals surface area (Å²) in [6, 6.07) is 20.0. The van der Waals surface area contributed by atoms with Crippen LogP contribution in [0.1, 0.15) is 18.0 Å². The van der Waals surface area contributed by atoms with Gasteiger partial charge in [-0.2, -0.15) is 0 Å². The first kappa shape index (κ1) is 15.8. The van der Waals surface area contributed by atoms with Crippen LogP contribution in [0.25, 0.3) is 22.6 Å². The Balaban J connectivity index is 1.86. The molecule has 0 bridgehead atoms. The van der Waals surface area contributed by atoms with Crippen molar-refractivity contribution in [2.24, 2.45) is 0 Å². The number of rotatable bonds is 3. The molecule has 2 nitrogen and oxygen atoms in total. The van der Waals surface area contributed by atoms with E-state index in [9.17, 15) is 0 Å². The van der Waals surface area contributed by atoms with Crippen molar-refractivity contribution in [3.8, 4) is 22.6 Å². The third-order valence-corrected chi connectivity index (χ3v) is 4.49. The van der Waals surface area contributed by atoms with Gasteiger partial charge in [-0.3, -0.25) is 0 Å². The quantitative estimate of drug-likeness (QED) is 0.576. The van der Waals surface area contributed by atoms with Crippen molar-refractivity contribution in [1.82, 2.24) is 9.97 Å². The summed E-state index contributed by atoms with van der Waals surface area (Å²) in [7, 11) is 0. The maximum atomic E-state index is 6.18. The minimum Gasteiger partial charge on any atom is -0.232 e. The van der Waals surface area contributed by atoms with E-state index in [1.165, 1.54) is 0 Å². The Labute approximate surface area is 152 Å². The molecule has 0 amide bonds. The lowest BCUT2D eigenvalue weighted by molar-refractivity contribution is 0.811. The summed E-state index contributed by atoms with van der Waals surface area (Å²) in [4.78, 5) is 9.64. The van der Waals surface area contributed by atoms with Crippen LogP contribution in [0, 0.1) is 0 Å². The number of benzene rings is 2. The molecule has 1 heterocycles. The van der Waals surface area contributed by atoms with Crippen LogP contribution in [0.15, 0.2) is 85.0 Å². The van der Waals surface area contributed by atoms with Gasteiger partial charge in [0.1, 0.15) is 0 Å². The molecule has 0 N–H and O–H groups in total. The van der Waals surface area contributed by atoms with E-state index in [4.69, 9.17) is 21.6 Å². The molecule has 1 atom stereocenters. The monoisotopic (exact) mass is 344 g/mol. The minimum atomic E-state index is 0.272. The fourth-order valence-electron chi connectivity index (χ4n) is 2.97. The standard InChI is InChI=1S/C22H17ClN2/c23-19-13-7-12-18(14-19)21-15-20(16-8-3-1-4-9-16)24-22(25-21)17-10-5-2-6-11-17/h1-8,10-16H,9H2. The molecular weight excluding hydrogens is 328 g/mol. The molecule has 2 aromatic carbocycles. The highest BCUT2D eigenvalue weighted by molar-refractivity contribution is 6.30. The Hall–Kier alpha value is -2.71. The lowest BCUT2D eigenvalue weighted by Crippen LogP contribution is -2.03. The van der Waals surface area contributed by atoms with Crippen LogP contribution in [0.4, 0.5) is 0 Å². The second kappa shape index (κ2) is 7.04. The zero-order valence-electron chi connectivity index (χ0n) is 13.6. The van der Waals surface area contributed by atoms with E-state index in [2.05, 4.69) is 30.4 Å². The molecule has 0 spiro atoms. The fourth-order valence-corrected chi connectivity index (χ4v) is 3.16. The smallest absolute Gasteiger partial charge is 0.160 e. The SMILES string of the molecule is Clc1cccc(-c2cc(C3C=CC=CC3)nc(-c3ccccc3)n2)c1. The van der Waals surface area contributed by atoms with Crippen molar-refractivity contribution in [3.05, 3.63) is 95.7 Å². The first-order valence-electron chi connectivity index (χ1n) is 8.33. The molecule has 0 saturated carbocycles. The van der Waals surface area contributed by atoms with Crippen LogP contribution in [-0.2, 0) is 0 Å². The number of hydrogen-bond donors (Lipinski definition) is 0. The van der Waals surface area contributed by atoms with Gasteiger partial charge in [0, 0.05) is 22.1 Å². The number of nitrogens with zero attached hydrogens (tertiary/aromatic N) is 2. The highest BCUT2D eigenvalue weighted by Crippen LogP contribution is 2.30. The number of hydrogen-bond acceptors (Lipinski definition) is 2. The number of halogens is 1. The molecule has 1 unspecified atom stereocenters. The summed E-state index contributed by atoms with van der Waals surface area (Å²) in [5.74, 6) is 1.02. The molecule has 0 aliphatic heterocycles. The number of aromatic nitrogens is 2. The Morgan fingerprint density at radius 2 is 1.68 bits per heavy atom. The zero-order chi connectivity index (χ0) is 17.1. The molecule has 3 aromatic rings. The van der Waals surface area contributed by atoms with E-state index in [-0.39, 0.29) is 5.92 Å². The van der Waals surface area contributed by atoms with E-state index in [0.29, 0.717) is 5.02 Å². The van der Waals surface area contributed by atoms with Crippen molar-refractivity contribution in [2.75, 3.05) is 0 Å². The minimum absolute atomic E-state index is 0.272.